The monoisotopic (exact) mass is 307 g/mol. The summed E-state index contributed by atoms with van der Waals surface area (Å²) in [6.07, 6.45) is 1.18. The van der Waals surface area contributed by atoms with E-state index in [-0.39, 0.29) is 22.3 Å². The van der Waals surface area contributed by atoms with Crippen molar-refractivity contribution in [2.45, 2.75) is 23.8 Å². The van der Waals surface area contributed by atoms with Crippen LogP contribution in [0, 0.1) is 23.2 Å². The molecule has 1 aliphatic heterocycles. The molecule has 3 unspecified atom stereocenters. The van der Waals surface area contributed by atoms with Crippen molar-refractivity contribution in [3.8, 4) is 6.07 Å². The van der Waals surface area contributed by atoms with Gasteiger partial charge >= 0.3 is 0 Å². The van der Waals surface area contributed by atoms with Gasteiger partial charge in [0.2, 0.25) is 10.0 Å². The number of aliphatic hydroxyl groups excluding tert-OH is 1. The van der Waals surface area contributed by atoms with Gasteiger partial charge in [-0.3, -0.25) is 0 Å². The molecule has 0 spiro atoms. The number of aliphatic hydroxyl groups is 1. The minimum absolute atomic E-state index is 0.00587. The molecule has 6 nitrogen and oxygen atoms in total. The lowest BCUT2D eigenvalue weighted by Crippen LogP contribution is -2.31. The summed E-state index contributed by atoms with van der Waals surface area (Å²) < 4.78 is 26.8. The Balaban J connectivity index is 1.94. The van der Waals surface area contributed by atoms with Crippen LogP contribution in [0.5, 0.6) is 0 Å². The lowest BCUT2D eigenvalue weighted by atomic mass is 10.00. The van der Waals surface area contributed by atoms with E-state index in [0.717, 1.165) is 12.8 Å². The zero-order valence-corrected chi connectivity index (χ0v) is 12.3. The van der Waals surface area contributed by atoms with Gasteiger partial charge < -0.3 is 10.8 Å². The topological polar surface area (TPSA) is 107 Å². The summed E-state index contributed by atoms with van der Waals surface area (Å²) >= 11 is 0. The van der Waals surface area contributed by atoms with E-state index in [1.807, 2.05) is 6.07 Å². The molecule has 2 aliphatic rings. The van der Waals surface area contributed by atoms with Gasteiger partial charge in [-0.25, -0.2) is 8.42 Å². The number of nitriles is 1. The summed E-state index contributed by atoms with van der Waals surface area (Å²) in [5.41, 5.74) is 6.02. The average Bonchev–Trinajstić information content (AvgIpc) is 3.01. The van der Waals surface area contributed by atoms with Crippen LogP contribution in [0.3, 0.4) is 0 Å². The second kappa shape index (κ2) is 4.98. The summed E-state index contributed by atoms with van der Waals surface area (Å²) in [4.78, 5) is -0.00587. The molecule has 0 radical (unpaired) electrons. The number of nitrogens with zero attached hydrogens (tertiary/aromatic N) is 2. The molecule has 1 aromatic carbocycles. The highest BCUT2D eigenvalue weighted by Gasteiger charge is 2.46. The first-order valence-electron chi connectivity index (χ1n) is 6.91. The molecule has 3 rings (SSSR count). The Morgan fingerprint density at radius 3 is 2.76 bits per heavy atom. The molecular formula is C14H17N3O3S. The molecular weight excluding hydrogens is 290 g/mol. The largest absolute Gasteiger partial charge is 0.399 e. The quantitative estimate of drug-likeness (QED) is 0.775. The van der Waals surface area contributed by atoms with Crippen molar-refractivity contribution in [3.63, 3.8) is 0 Å². The van der Waals surface area contributed by atoms with Crippen molar-refractivity contribution in [1.82, 2.24) is 4.31 Å². The van der Waals surface area contributed by atoms with E-state index >= 15 is 0 Å². The Morgan fingerprint density at radius 2 is 2.10 bits per heavy atom. The van der Waals surface area contributed by atoms with Crippen molar-refractivity contribution in [1.29, 1.82) is 5.26 Å². The second-order valence-electron chi connectivity index (χ2n) is 5.76. The van der Waals surface area contributed by atoms with Crippen molar-refractivity contribution in [2.75, 3.05) is 18.8 Å². The van der Waals surface area contributed by atoms with Gasteiger partial charge in [-0.1, -0.05) is 0 Å². The van der Waals surface area contributed by atoms with E-state index < -0.39 is 16.1 Å². The van der Waals surface area contributed by atoms with Crippen LogP contribution < -0.4 is 5.73 Å². The van der Waals surface area contributed by atoms with Crippen molar-refractivity contribution >= 4 is 15.7 Å². The number of rotatable bonds is 2. The van der Waals surface area contributed by atoms with Gasteiger partial charge in [-0.05, 0) is 37.0 Å². The normalized spacial score (nSPS) is 29.2. The Bertz CT molecular complexity index is 711. The van der Waals surface area contributed by atoms with E-state index in [9.17, 15) is 13.5 Å². The first-order valence-corrected chi connectivity index (χ1v) is 8.35. The van der Waals surface area contributed by atoms with E-state index in [1.54, 1.807) is 0 Å². The van der Waals surface area contributed by atoms with Gasteiger partial charge in [0.1, 0.15) is 11.0 Å². The van der Waals surface area contributed by atoms with E-state index in [4.69, 9.17) is 11.0 Å². The first kappa shape index (κ1) is 14.3. The van der Waals surface area contributed by atoms with Crippen LogP contribution in [0.4, 0.5) is 5.69 Å². The van der Waals surface area contributed by atoms with Gasteiger partial charge in [0.05, 0.1) is 11.7 Å². The number of nitrogens with two attached hydrogens (primary N) is 1. The number of nitrogen functional groups attached to an aromatic ring is 1. The number of benzene rings is 1. The van der Waals surface area contributed by atoms with E-state index in [0.29, 0.717) is 18.8 Å². The molecule has 1 aliphatic carbocycles. The van der Waals surface area contributed by atoms with E-state index in [2.05, 4.69) is 0 Å². The van der Waals surface area contributed by atoms with E-state index in [1.165, 1.54) is 22.5 Å². The maximum atomic E-state index is 12.7. The smallest absolute Gasteiger partial charge is 0.244 e. The Morgan fingerprint density at radius 1 is 1.33 bits per heavy atom. The lowest BCUT2D eigenvalue weighted by Gasteiger charge is -2.19. The van der Waals surface area contributed by atoms with Crippen LogP contribution in [0.1, 0.15) is 18.4 Å². The molecule has 112 valence electrons. The fraction of sp³-hybridized carbons (Fsp3) is 0.500. The number of hydrogen-bond donors (Lipinski definition) is 2. The SMILES string of the molecule is N#Cc1cc(N)ccc1S(=O)(=O)N1CC2CCC(O)C2C1. The molecule has 1 heterocycles. The summed E-state index contributed by atoms with van der Waals surface area (Å²) in [5.74, 6) is 0.230. The van der Waals surface area contributed by atoms with Gasteiger partial charge in [0, 0.05) is 24.7 Å². The maximum Gasteiger partial charge on any atom is 0.244 e. The minimum Gasteiger partial charge on any atom is -0.399 e. The summed E-state index contributed by atoms with van der Waals surface area (Å²) in [5, 5.41) is 19.0. The number of fused-ring (bicyclic) bond motifs is 1. The van der Waals surface area contributed by atoms with Gasteiger partial charge in [0.25, 0.3) is 0 Å². The molecule has 7 heteroatoms. The highest BCUT2D eigenvalue weighted by atomic mass is 32.2. The third kappa shape index (κ3) is 2.29. The summed E-state index contributed by atoms with van der Waals surface area (Å²) in [6, 6.07) is 6.13. The third-order valence-electron chi connectivity index (χ3n) is 4.53. The van der Waals surface area contributed by atoms with Crippen molar-refractivity contribution < 1.29 is 13.5 Å². The fourth-order valence-electron chi connectivity index (χ4n) is 3.39. The molecule has 1 saturated heterocycles. The molecule has 0 aromatic heterocycles. The van der Waals surface area contributed by atoms with Crippen LogP contribution in [0.25, 0.3) is 0 Å². The predicted octanol–water partition coefficient (Wildman–Crippen LogP) is 0.532. The minimum atomic E-state index is -3.72. The standard InChI is InChI=1S/C14H17N3O3S/c15-6-10-5-11(16)2-4-14(10)21(19,20)17-7-9-1-3-13(18)12(9)8-17/h2,4-5,9,12-13,18H,1,3,7-8,16H2. The number of sulfonamides is 1. The molecule has 1 saturated carbocycles. The molecule has 0 amide bonds. The van der Waals surface area contributed by atoms with Gasteiger partial charge in [0.15, 0.2) is 0 Å². The summed E-state index contributed by atoms with van der Waals surface area (Å²) in [6.45, 7) is 0.739. The van der Waals surface area contributed by atoms with Crippen molar-refractivity contribution in [2.24, 2.45) is 11.8 Å². The average molecular weight is 307 g/mol. The molecule has 1 aromatic rings. The molecule has 21 heavy (non-hydrogen) atoms. The third-order valence-corrected chi connectivity index (χ3v) is 6.42. The Labute approximate surface area is 123 Å². The van der Waals surface area contributed by atoms with Crippen LogP contribution in [-0.2, 0) is 10.0 Å². The zero-order chi connectivity index (χ0) is 15.2. The van der Waals surface area contributed by atoms with Crippen LogP contribution in [0.15, 0.2) is 23.1 Å². The Hall–Kier alpha value is -1.62. The maximum absolute atomic E-state index is 12.7. The molecule has 3 atom stereocenters. The van der Waals surface area contributed by atoms with Crippen LogP contribution in [-0.4, -0.2) is 37.0 Å². The number of hydrogen-bond acceptors (Lipinski definition) is 5. The first-order chi connectivity index (χ1) is 9.93. The number of anilines is 1. The van der Waals surface area contributed by atoms with Crippen molar-refractivity contribution in [3.05, 3.63) is 23.8 Å². The Kier molecular flexibility index (Phi) is 3.40. The lowest BCUT2D eigenvalue weighted by molar-refractivity contribution is 0.129. The molecule has 2 fully saturated rings. The van der Waals surface area contributed by atoms with Crippen LogP contribution in [0.2, 0.25) is 0 Å². The molecule has 3 N–H and O–H groups in total. The summed E-state index contributed by atoms with van der Waals surface area (Å²) in [7, 11) is -3.72. The van der Waals surface area contributed by atoms with Gasteiger partial charge in [-0.2, -0.15) is 9.57 Å². The molecule has 0 bridgehead atoms. The second-order valence-corrected chi connectivity index (χ2v) is 7.66. The van der Waals surface area contributed by atoms with Gasteiger partial charge in [-0.15, -0.1) is 0 Å². The highest BCUT2D eigenvalue weighted by molar-refractivity contribution is 7.89. The predicted molar refractivity (Wildman–Crippen MR) is 76.5 cm³/mol. The highest BCUT2D eigenvalue weighted by Crippen LogP contribution is 2.40. The zero-order valence-electron chi connectivity index (χ0n) is 11.4. The fourth-order valence-corrected chi connectivity index (χ4v) is 5.05. The van der Waals surface area contributed by atoms with Crippen LogP contribution >= 0.6 is 0 Å².